The SMILES string of the molecule is CSCCC(NC(=O)c1ccc(Cl)cc1Cl)C(=O)N1CCCN(CC(=O)N(C)C)CC1. The summed E-state index contributed by atoms with van der Waals surface area (Å²) in [6.45, 7) is 2.84. The van der Waals surface area contributed by atoms with Gasteiger partial charge in [-0.25, -0.2) is 0 Å². The fourth-order valence-electron chi connectivity index (χ4n) is 3.31. The molecule has 1 aromatic rings. The average Bonchev–Trinajstić information content (AvgIpc) is 2.95. The highest BCUT2D eigenvalue weighted by Crippen LogP contribution is 2.21. The molecular weight excluding hydrogens is 459 g/mol. The Morgan fingerprint density at radius 1 is 1.16 bits per heavy atom. The second-order valence-corrected chi connectivity index (χ2v) is 9.50. The number of likely N-dealkylation sites (N-methyl/N-ethyl adjacent to an activating group) is 1. The van der Waals surface area contributed by atoms with Gasteiger partial charge in [0, 0.05) is 45.3 Å². The highest BCUT2D eigenvalue weighted by atomic mass is 35.5. The van der Waals surface area contributed by atoms with E-state index in [1.807, 2.05) is 6.26 Å². The predicted octanol–water partition coefficient (Wildman–Crippen LogP) is 2.47. The van der Waals surface area contributed by atoms with Crippen LogP contribution in [0.1, 0.15) is 23.2 Å². The van der Waals surface area contributed by atoms with Crippen molar-refractivity contribution in [1.82, 2.24) is 20.0 Å². The summed E-state index contributed by atoms with van der Waals surface area (Å²) in [5.74, 6) is 0.287. The summed E-state index contributed by atoms with van der Waals surface area (Å²) in [6, 6.07) is 4.03. The zero-order valence-electron chi connectivity index (χ0n) is 18.2. The van der Waals surface area contributed by atoms with E-state index in [4.69, 9.17) is 23.2 Å². The number of rotatable bonds is 8. The Bertz CT molecular complexity index is 794. The van der Waals surface area contributed by atoms with E-state index in [0.29, 0.717) is 37.6 Å². The number of thioether (sulfide) groups is 1. The van der Waals surface area contributed by atoms with Gasteiger partial charge >= 0.3 is 0 Å². The number of nitrogens with zero attached hydrogens (tertiary/aromatic N) is 3. The number of carbonyl (C=O) groups excluding carboxylic acids is 3. The quantitative estimate of drug-likeness (QED) is 0.608. The molecular formula is C21H30Cl2N4O3S. The van der Waals surface area contributed by atoms with Crippen LogP contribution in [0, 0.1) is 0 Å². The molecule has 7 nitrogen and oxygen atoms in total. The molecule has 0 radical (unpaired) electrons. The lowest BCUT2D eigenvalue weighted by Crippen LogP contribution is -2.50. The van der Waals surface area contributed by atoms with Crippen LogP contribution in [0.3, 0.4) is 0 Å². The second kappa shape index (κ2) is 12.5. The maximum atomic E-state index is 13.3. The third-order valence-electron chi connectivity index (χ3n) is 5.15. The van der Waals surface area contributed by atoms with Crippen molar-refractivity contribution in [3.63, 3.8) is 0 Å². The summed E-state index contributed by atoms with van der Waals surface area (Å²) >= 11 is 13.7. The molecule has 3 amide bonds. The summed E-state index contributed by atoms with van der Waals surface area (Å²) < 4.78 is 0. The minimum Gasteiger partial charge on any atom is -0.348 e. The molecule has 0 spiro atoms. The summed E-state index contributed by atoms with van der Waals surface area (Å²) in [5.41, 5.74) is 0.289. The van der Waals surface area contributed by atoms with Crippen molar-refractivity contribution in [3.8, 4) is 0 Å². The molecule has 1 aromatic carbocycles. The number of benzene rings is 1. The molecule has 1 fully saturated rings. The van der Waals surface area contributed by atoms with Crippen molar-refractivity contribution in [2.45, 2.75) is 18.9 Å². The highest BCUT2D eigenvalue weighted by molar-refractivity contribution is 7.98. The molecule has 1 atom stereocenters. The first-order valence-electron chi connectivity index (χ1n) is 10.2. The molecule has 1 unspecified atom stereocenters. The largest absolute Gasteiger partial charge is 0.348 e. The zero-order valence-corrected chi connectivity index (χ0v) is 20.5. The van der Waals surface area contributed by atoms with Gasteiger partial charge in [0.15, 0.2) is 0 Å². The Morgan fingerprint density at radius 3 is 2.55 bits per heavy atom. The van der Waals surface area contributed by atoms with Gasteiger partial charge in [-0.15, -0.1) is 0 Å². The lowest BCUT2D eigenvalue weighted by Gasteiger charge is -2.27. The smallest absolute Gasteiger partial charge is 0.253 e. The molecule has 2 rings (SSSR count). The molecule has 31 heavy (non-hydrogen) atoms. The topological polar surface area (TPSA) is 73.0 Å². The molecule has 0 aliphatic carbocycles. The van der Waals surface area contributed by atoms with Crippen molar-refractivity contribution in [2.24, 2.45) is 0 Å². The second-order valence-electron chi connectivity index (χ2n) is 7.67. The number of nitrogens with one attached hydrogen (secondary N) is 1. The lowest BCUT2D eigenvalue weighted by molar-refractivity contribution is -0.133. The molecule has 0 aromatic heterocycles. The first-order valence-corrected chi connectivity index (χ1v) is 12.3. The fraction of sp³-hybridized carbons (Fsp3) is 0.571. The molecule has 1 aliphatic rings. The predicted molar refractivity (Wildman–Crippen MR) is 127 cm³/mol. The van der Waals surface area contributed by atoms with Crippen molar-refractivity contribution in [1.29, 1.82) is 0 Å². The highest BCUT2D eigenvalue weighted by Gasteiger charge is 2.28. The van der Waals surface area contributed by atoms with E-state index in [0.717, 1.165) is 18.7 Å². The minimum absolute atomic E-state index is 0.0460. The van der Waals surface area contributed by atoms with Gasteiger partial charge in [-0.1, -0.05) is 23.2 Å². The van der Waals surface area contributed by atoms with Gasteiger partial charge in [0.2, 0.25) is 11.8 Å². The van der Waals surface area contributed by atoms with E-state index in [-0.39, 0.29) is 22.4 Å². The first-order chi connectivity index (χ1) is 14.7. The van der Waals surface area contributed by atoms with E-state index < -0.39 is 11.9 Å². The maximum absolute atomic E-state index is 13.3. The van der Waals surface area contributed by atoms with Crippen LogP contribution < -0.4 is 5.32 Å². The van der Waals surface area contributed by atoms with Crippen LogP contribution in [0.2, 0.25) is 10.0 Å². The molecule has 1 heterocycles. The van der Waals surface area contributed by atoms with E-state index in [1.165, 1.54) is 6.07 Å². The van der Waals surface area contributed by atoms with Crippen LogP contribution in [0.25, 0.3) is 0 Å². The van der Waals surface area contributed by atoms with Crippen molar-refractivity contribution >= 4 is 52.7 Å². The number of carbonyl (C=O) groups is 3. The third kappa shape index (κ3) is 7.86. The van der Waals surface area contributed by atoms with Gasteiger partial charge in [0.1, 0.15) is 6.04 Å². The standard InChI is InChI=1S/C21H30Cl2N4O3S/c1-25(2)19(28)14-26-8-4-9-27(11-10-26)21(30)18(7-12-31-3)24-20(29)16-6-5-15(22)13-17(16)23/h5-6,13,18H,4,7-12,14H2,1-3H3,(H,24,29). The molecule has 1 N–H and O–H groups in total. The van der Waals surface area contributed by atoms with E-state index in [2.05, 4.69) is 10.2 Å². The number of hydrogen-bond donors (Lipinski definition) is 1. The van der Waals surface area contributed by atoms with Crippen LogP contribution in [0.4, 0.5) is 0 Å². The minimum atomic E-state index is -0.637. The first kappa shape index (κ1) is 25.8. The number of amides is 3. The zero-order chi connectivity index (χ0) is 23.0. The van der Waals surface area contributed by atoms with Gasteiger partial charge in [-0.2, -0.15) is 11.8 Å². The lowest BCUT2D eigenvalue weighted by atomic mass is 10.1. The molecule has 1 aliphatic heterocycles. The van der Waals surface area contributed by atoms with Crippen LogP contribution in [-0.4, -0.2) is 97.3 Å². The summed E-state index contributed by atoms with van der Waals surface area (Å²) in [4.78, 5) is 43.5. The van der Waals surface area contributed by atoms with Crippen molar-refractivity contribution in [2.75, 3.05) is 58.8 Å². The Morgan fingerprint density at radius 2 is 1.90 bits per heavy atom. The van der Waals surface area contributed by atoms with Crippen molar-refractivity contribution in [3.05, 3.63) is 33.8 Å². The summed E-state index contributed by atoms with van der Waals surface area (Å²) in [6.07, 6.45) is 3.26. The van der Waals surface area contributed by atoms with Gasteiger partial charge in [0.05, 0.1) is 17.1 Å². The van der Waals surface area contributed by atoms with Gasteiger partial charge in [-0.05, 0) is 43.0 Å². The molecule has 1 saturated heterocycles. The monoisotopic (exact) mass is 488 g/mol. The van der Waals surface area contributed by atoms with Crippen LogP contribution in [0.15, 0.2) is 18.2 Å². The van der Waals surface area contributed by atoms with Gasteiger partial charge in [0.25, 0.3) is 5.91 Å². The molecule has 0 saturated carbocycles. The van der Waals surface area contributed by atoms with Crippen LogP contribution in [0.5, 0.6) is 0 Å². The fourth-order valence-corrected chi connectivity index (χ4v) is 4.27. The van der Waals surface area contributed by atoms with E-state index in [1.54, 1.807) is 47.8 Å². The summed E-state index contributed by atoms with van der Waals surface area (Å²) in [7, 11) is 3.48. The normalized spacial score (nSPS) is 15.8. The number of hydrogen-bond acceptors (Lipinski definition) is 5. The Hall–Kier alpha value is -1.48. The van der Waals surface area contributed by atoms with E-state index >= 15 is 0 Å². The van der Waals surface area contributed by atoms with E-state index in [9.17, 15) is 14.4 Å². The Kier molecular flexibility index (Phi) is 10.4. The van der Waals surface area contributed by atoms with Gasteiger partial charge in [-0.3, -0.25) is 19.3 Å². The number of halogens is 2. The molecule has 10 heteroatoms. The van der Waals surface area contributed by atoms with Crippen molar-refractivity contribution < 1.29 is 14.4 Å². The van der Waals surface area contributed by atoms with Crippen LogP contribution in [-0.2, 0) is 9.59 Å². The molecule has 0 bridgehead atoms. The maximum Gasteiger partial charge on any atom is 0.253 e. The Labute approximate surface area is 198 Å². The van der Waals surface area contributed by atoms with Crippen LogP contribution >= 0.6 is 35.0 Å². The molecule has 172 valence electrons. The van der Waals surface area contributed by atoms with Gasteiger partial charge < -0.3 is 15.1 Å². The Balaban J connectivity index is 2.04. The average molecular weight is 489 g/mol. The summed E-state index contributed by atoms with van der Waals surface area (Å²) in [5, 5.41) is 3.55. The third-order valence-corrected chi connectivity index (χ3v) is 6.34.